The number of aromatic nitrogens is 3. The quantitative estimate of drug-likeness (QED) is 0.149. The second kappa shape index (κ2) is 17.6. The van der Waals surface area contributed by atoms with Crippen molar-refractivity contribution in [3.8, 4) is 33.6 Å². The molecule has 5 heteroatoms. The molecular formula is C54H55IrN3O-2. The van der Waals surface area contributed by atoms with Crippen molar-refractivity contribution in [1.29, 1.82) is 0 Å². The maximum absolute atomic E-state index is 9.22. The van der Waals surface area contributed by atoms with Gasteiger partial charge in [-0.05, 0) is 87.7 Å². The second-order valence-corrected chi connectivity index (χ2v) is 17.1. The first-order chi connectivity index (χ1) is 31.5. The molecule has 0 aliphatic rings. The molecule has 4 aromatic carbocycles. The summed E-state index contributed by atoms with van der Waals surface area (Å²) in [6.07, 6.45) is -0.107. The van der Waals surface area contributed by atoms with E-state index in [4.69, 9.17) is 15.4 Å². The number of pyridine rings is 3. The Morgan fingerprint density at radius 2 is 1.46 bits per heavy atom. The van der Waals surface area contributed by atoms with E-state index in [1.807, 2.05) is 83.1 Å². The van der Waals surface area contributed by atoms with Crippen LogP contribution in [0, 0.1) is 31.3 Å². The van der Waals surface area contributed by atoms with Crippen LogP contribution in [-0.4, -0.2) is 15.0 Å². The van der Waals surface area contributed by atoms with E-state index in [2.05, 4.69) is 60.0 Å². The average molecular weight is 964 g/mol. The minimum atomic E-state index is -2.34. The molecule has 303 valence electrons. The summed E-state index contributed by atoms with van der Waals surface area (Å²) in [7, 11) is 0. The zero-order chi connectivity index (χ0) is 49.8. The molecule has 59 heavy (non-hydrogen) atoms. The summed E-state index contributed by atoms with van der Waals surface area (Å²) in [4.78, 5) is 13.2. The summed E-state index contributed by atoms with van der Waals surface area (Å²) in [5.74, 6) is 0. The minimum Gasteiger partial charge on any atom is -0.486 e. The molecule has 0 unspecified atom stereocenters. The normalized spacial score (nSPS) is 15.3. The van der Waals surface area contributed by atoms with Crippen LogP contribution in [0.1, 0.15) is 103 Å². The molecule has 0 aliphatic carbocycles. The summed E-state index contributed by atoms with van der Waals surface area (Å²) in [6.45, 7) is 11.3. The zero-order valence-corrected chi connectivity index (χ0v) is 37.1. The van der Waals surface area contributed by atoms with Crippen LogP contribution in [0.15, 0.2) is 132 Å². The minimum absolute atomic E-state index is 0. The van der Waals surface area contributed by atoms with Crippen molar-refractivity contribution in [1.82, 2.24) is 15.0 Å². The summed E-state index contributed by atoms with van der Waals surface area (Å²) in [5, 5.41) is 1.46. The van der Waals surface area contributed by atoms with Gasteiger partial charge in [-0.2, -0.15) is 0 Å². The molecule has 0 spiro atoms. The Labute approximate surface area is 379 Å². The molecule has 8 rings (SSSR count). The van der Waals surface area contributed by atoms with Crippen molar-refractivity contribution in [2.75, 3.05) is 0 Å². The van der Waals surface area contributed by atoms with Gasteiger partial charge in [-0.1, -0.05) is 157 Å². The first-order valence-corrected chi connectivity index (χ1v) is 19.4. The largest absolute Gasteiger partial charge is 0.486 e. The summed E-state index contributed by atoms with van der Waals surface area (Å²) >= 11 is 0. The van der Waals surface area contributed by atoms with Crippen LogP contribution in [0.3, 0.4) is 0 Å². The molecule has 0 saturated heterocycles. The van der Waals surface area contributed by atoms with Crippen LogP contribution in [-0.2, 0) is 43.7 Å². The second-order valence-electron chi connectivity index (χ2n) is 17.1. The topological polar surface area (TPSA) is 51.8 Å². The average Bonchev–Trinajstić information content (AvgIpc) is 3.66. The molecule has 1 radical (unpaired) electrons. The van der Waals surface area contributed by atoms with E-state index in [1.54, 1.807) is 54.9 Å². The Morgan fingerprint density at radius 3 is 2.14 bits per heavy atom. The van der Waals surface area contributed by atoms with E-state index in [1.165, 1.54) is 17.7 Å². The van der Waals surface area contributed by atoms with Gasteiger partial charge < -0.3 is 14.4 Å². The number of hydrogen-bond acceptors (Lipinski definition) is 4. The van der Waals surface area contributed by atoms with Crippen molar-refractivity contribution in [3.63, 3.8) is 0 Å². The SMILES string of the molecule is [2H]C([2H])([2H])c1c[c-]c(-c2ccc(C([2H])([2H])C(C)(C)C)cn2)cc1-c1ccccc1.[2H]C([2H])([2H])c1ccc2c(n1)oc1c(-c3cc(C([2H])([2H])C(C)(C)c4ccc(C(C)(C)C)cc4)ccn3)[c-]ccc12.[Ir]. The van der Waals surface area contributed by atoms with Gasteiger partial charge in [0.05, 0.1) is 5.58 Å². The molecule has 0 saturated carbocycles. The maximum Gasteiger partial charge on any atom is 0.216 e. The van der Waals surface area contributed by atoms with Gasteiger partial charge in [-0.15, -0.1) is 47.5 Å². The van der Waals surface area contributed by atoms with E-state index in [0.29, 0.717) is 50.2 Å². The van der Waals surface area contributed by atoms with Gasteiger partial charge in [0.25, 0.3) is 0 Å². The fraction of sp³-hybridized carbons (Fsp3) is 0.278. The van der Waals surface area contributed by atoms with E-state index in [0.717, 1.165) is 16.5 Å². The van der Waals surface area contributed by atoms with Gasteiger partial charge in [-0.25, -0.2) is 4.98 Å². The van der Waals surface area contributed by atoms with E-state index in [9.17, 15) is 2.74 Å². The van der Waals surface area contributed by atoms with Crippen LogP contribution in [0.25, 0.3) is 55.7 Å². The van der Waals surface area contributed by atoms with E-state index >= 15 is 0 Å². The van der Waals surface area contributed by atoms with E-state index in [-0.39, 0.29) is 42.5 Å². The standard InChI is InChI=1S/C31H31N2O.C23H24N.Ir/c1-20-10-15-25-24-8-7-9-26(28(24)34-29(25)33-20)27-18-21(16-17-32-27)19-31(5,6)23-13-11-22(12-14-23)30(2,3)4;1-17-10-12-20(14-21(17)19-8-6-5-7-9-19)22-13-11-18(16-24-22)15-23(2,3)4;/h7-8,10-18H,19H2,1-6H3;5-11,13-14,16H,15H2,1-4H3;/q2*-1;/i1D3,19D2;1D3,15D2;. The van der Waals surface area contributed by atoms with Crippen molar-refractivity contribution in [3.05, 3.63) is 173 Å². The Hall–Kier alpha value is -5.22. The number of rotatable bonds is 7. The zero-order valence-electron chi connectivity index (χ0n) is 44.7. The van der Waals surface area contributed by atoms with Crippen LogP contribution in [0.4, 0.5) is 0 Å². The predicted molar refractivity (Wildman–Crippen MR) is 242 cm³/mol. The number of nitrogens with zero attached hydrogens (tertiary/aromatic N) is 3. The van der Waals surface area contributed by atoms with Gasteiger partial charge in [0, 0.05) is 57.3 Å². The van der Waals surface area contributed by atoms with Crippen LogP contribution in [0.5, 0.6) is 0 Å². The number of aryl methyl sites for hydroxylation is 2. The monoisotopic (exact) mass is 964 g/mol. The maximum atomic E-state index is 9.22. The van der Waals surface area contributed by atoms with Crippen LogP contribution in [0.2, 0.25) is 0 Å². The molecular weight excluding hydrogens is 899 g/mol. The molecule has 0 N–H and O–H groups in total. The Bertz CT molecular complexity index is 3080. The fourth-order valence-electron chi connectivity index (χ4n) is 6.83. The van der Waals surface area contributed by atoms with E-state index < -0.39 is 37.3 Å². The Kier molecular flexibility index (Phi) is 9.42. The van der Waals surface area contributed by atoms with Crippen molar-refractivity contribution in [2.24, 2.45) is 5.41 Å². The predicted octanol–water partition coefficient (Wildman–Crippen LogP) is 14.1. The third kappa shape index (κ3) is 10.3. The molecule has 4 aromatic heterocycles. The third-order valence-electron chi connectivity index (χ3n) is 9.84. The number of furan rings is 1. The molecule has 0 fully saturated rings. The number of benzene rings is 4. The first-order valence-electron chi connectivity index (χ1n) is 24.4. The molecule has 0 atom stereocenters. The molecule has 4 heterocycles. The van der Waals surface area contributed by atoms with Crippen molar-refractivity contribution >= 4 is 22.1 Å². The summed E-state index contributed by atoms with van der Waals surface area (Å²) in [6, 6.07) is 40.8. The van der Waals surface area contributed by atoms with Crippen LogP contribution >= 0.6 is 0 Å². The molecule has 0 amide bonds. The molecule has 8 aromatic rings. The first kappa shape index (κ1) is 31.7. The fourth-order valence-corrected chi connectivity index (χ4v) is 6.83. The molecule has 0 bridgehead atoms. The number of fused-ring (bicyclic) bond motifs is 3. The van der Waals surface area contributed by atoms with Crippen molar-refractivity contribution < 1.29 is 38.2 Å². The molecule has 0 aliphatic heterocycles. The Morgan fingerprint density at radius 1 is 0.695 bits per heavy atom. The van der Waals surface area contributed by atoms with Gasteiger partial charge in [-0.3, -0.25) is 0 Å². The van der Waals surface area contributed by atoms with Gasteiger partial charge >= 0.3 is 0 Å². The smallest absolute Gasteiger partial charge is 0.216 e. The van der Waals surface area contributed by atoms with Gasteiger partial charge in [0.2, 0.25) is 5.71 Å². The van der Waals surface area contributed by atoms with Gasteiger partial charge in [0.1, 0.15) is 0 Å². The summed E-state index contributed by atoms with van der Waals surface area (Å²) < 4.78 is 87.8. The van der Waals surface area contributed by atoms with Crippen molar-refractivity contribution in [2.45, 2.75) is 92.7 Å². The summed E-state index contributed by atoms with van der Waals surface area (Å²) in [5.41, 5.74) is 6.41. The number of hydrogen-bond donors (Lipinski definition) is 0. The Balaban J connectivity index is 0.000000233. The van der Waals surface area contributed by atoms with Gasteiger partial charge in [0.15, 0.2) is 0 Å². The van der Waals surface area contributed by atoms with Crippen LogP contribution < -0.4 is 0 Å². The molecule has 4 nitrogen and oxygen atoms in total. The third-order valence-corrected chi connectivity index (χ3v) is 9.84.